The molecule has 3 rings (SSSR count). The number of hydrogen-bond acceptors (Lipinski definition) is 3. The summed E-state index contributed by atoms with van der Waals surface area (Å²) in [4.78, 5) is 14.9. The average molecular weight is 339 g/mol. The lowest BCUT2D eigenvalue weighted by Gasteiger charge is -2.37. The molecular formula is C15H19BrN2O2. The summed E-state index contributed by atoms with van der Waals surface area (Å²) in [6.45, 7) is 2.42. The third-order valence-corrected chi connectivity index (χ3v) is 4.87. The Morgan fingerprint density at radius 1 is 1.40 bits per heavy atom. The van der Waals surface area contributed by atoms with Crippen LogP contribution in [-0.4, -0.2) is 38.3 Å². The first-order chi connectivity index (χ1) is 9.66. The van der Waals surface area contributed by atoms with Gasteiger partial charge in [0.15, 0.2) is 0 Å². The summed E-state index contributed by atoms with van der Waals surface area (Å²) >= 11 is 3.49. The lowest BCUT2D eigenvalue weighted by atomic mass is 9.90. The number of nitrogens with one attached hydrogen (secondary N) is 1. The van der Waals surface area contributed by atoms with Gasteiger partial charge in [-0.15, -0.1) is 0 Å². The summed E-state index contributed by atoms with van der Waals surface area (Å²) in [5, 5.41) is 3.29. The predicted molar refractivity (Wildman–Crippen MR) is 82.0 cm³/mol. The maximum Gasteiger partial charge on any atom is 0.259 e. The normalized spacial score (nSPS) is 20.8. The van der Waals surface area contributed by atoms with E-state index >= 15 is 0 Å². The number of carbonyl (C=O) groups is 1. The first kappa shape index (κ1) is 14.0. The maximum atomic E-state index is 13.0. The zero-order valence-electron chi connectivity index (χ0n) is 11.6. The van der Waals surface area contributed by atoms with Crippen molar-refractivity contribution in [2.24, 2.45) is 0 Å². The molecule has 1 saturated heterocycles. The number of benzene rings is 1. The molecule has 0 atom stereocenters. The van der Waals surface area contributed by atoms with E-state index in [0.717, 1.165) is 49.1 Å². The molecule has 108 valence electrons. The number of nitrogens with zero attached hydrogens (tertiary/aromatic N) is 1. The van der Waals surface area contributed by atoms with Crippen molar-refractivity contribution in [3.63, 3.8) is 0 Å². The minimum Gasteiger partial charge on any atom is -0.368 e. The zero-order chi connectivity index (χ0) is 14.2. The van der Waals surface area contributed by atoms with Gasteiger partial charge in [0.05, 0.1) is 0 Å². The van der Waals surface area contributed by atoms with Gasteiger partial charge in [-0.1, -0.05) is 15.9 Å². The van der Waals surface area contributed by atoms with E-state index in [1.807, 2.05) is 17.0 Å². The van der Waals surface area contributed by atoms with Gasteiger partial charge in [-0.25, -0.2) is 0 Å². The van der Waals surface area contributed by atoms with Crippen LogP contribution in [0.25, 0.3) is 0 Å². The fourth-order valence-corrected chi connectivity index (χ4v) is 3.57. The largest absolute Gasteiger partial charge is 0.368 e. The molecule has 1 aromatic carbocycles. The van der Waals surface area contributed by atoms with Gasteiger partial charge < -0.3 is 15.0 Å². The van der Waals surface area contributed by atoms with Crippen LogP contribution in [0.5, 0.6) is 0 Å². The van der Waals surface area contributed by atoms with Gasteiger partial charge in [0.2, 0.25) is 0 Å². The van der Waals surface area contributed by atoms with E-state index in [1.165, 1.54) is 5.56 Å². The van der Waals surface area contributed by atoms with Crippen molar-refractivity contribution < 1.29 is 9.53 Å². The van der Waals surface area contributed by atoms with Crippen molar-refractivity contribution in [2.75, 3.05) is 31.6 Å². The summed E-state index contributed by atoms with van der Waals surface area (Å²) in [7, 11) is 1.65. The highest BCUT2D eigenvalue weighted by atomic mass is 79.9. The molecule has 2 heterocycles. The number of anilines is 1. The first-order valence-electron chi connectivity index (χ1n) is 7.02. The Labute approximate surface area is 127 Å². The SMILES string of the molecule is COC1(C(=O)N2CCc3cc(Br)ccc32)CCNCC1. The second-order valence-electron chi connectivity index (χ2n) is 5.43. The highest BCUT2D eigenvalue weighted by Crippen LogP contribution is 2.34. The Kier molecular flexibility index (Phi) is 3.84. The van der Waals surface area contributed by atoms with Crippen LogP contribution >= 0.6 is 15.9 Å². The van der Waals surface area contributed by atoms with E-state index < -0.39 is 5.60 Å². The number of ether oxygens (including phenoxy) is 1. The van der Waals surface area contributed by atoms with Crippen LogP contribution in [0.15, 0.2) is 22.7 Å². The van der Waals surface area contributed by atoms with Crippen LogP contribution < -0.4 is 10.2 Å². The van der Waals surface area contributed by atoms with Crippen molar-refractivity contribution in [3.05, 3.63) is 28.2 Å². The number of hydrogen-bond donors (Lipinski definition) is 1. The van der Waals surface area contributed by atoms with Crippen LogP contribution in [0, 0.1) is 0 Å². The van der Waals surface area contributed by atoms with Gasteiger partial charge in [0.1, 0.15) is 5.60 Å². The molecule has 0 spiro atoms. The summed E-state index contributed by atoms with van der Waals surface area (Å²) in [5.74, 6) is 0.113. The zero-order valence-corrected chi connectivity index (χ0v) is 13.2. The predicted octanol–water partition coefficient (Wildman–Crippen LogP) is 2.11. The van der Waals surface area contributed by atoms with E-state index in [2.05, 4.69) is 27.3 Å². The molecule has 2 aliphatic rings. The Morgan fingerprint density at radius 3 is 2.85 bits per heavy atom. The van der Waals surface area contributed by atoms with Gasteiger partial charge in [0, 0.05) is 23.8 Å². The molecule has 0 unspecified atom stereocenters. The van der Waals surface area contributed by atoms with Gasteiger partial charge in [-0.05, 0) is 56.1 Å². The Bertz CT molecular complexity index is 527. The molecule has 1 amide bonds. The molecule has 0 saturated carbocycles. The molecular weight excluding hydrogens is 320 g/mol. The van der Waals surface area contributed by atoms with E-state index in [9.17, 15) is 4.79 Å². The average Bonchev–Trinajstić information content (AvgIpc) is 2.90. The van der Waals surface area contributed by atoms with Crippen LogP contribution in [-0.2, 0) is 16.0 Å². The minimum atomic E-state index is -0.653. The minimum absolute atomic E-state index is 0.113. The van der Waals surface area contributed by atoms with Crippen molar-refractivity contribution >= 4 is 27.5 Å². The van der Waals surface area contributed by atoms with Crippen LogP contribution in [0.3, 0.4) is 0 Å². The molecule has 0 radical (unpaired) electrons. The lowest BCUT2D eigenvalue weighted by molar-refractivity contribution is -0.143. The van der Waals surface area contributed by atoms with Crippen molar-refractivity contribution in [1.29, 1.82) is 0 Å². The van der Waals surface area contributed by atoms with Gasteiger partial charge in [0.25, 0.3) is 5.91 Å². The first-order valence-corrected chi connectivity index (χ1v) is 7.82. The fourth-order valence-electron chi connectivity index (χ4n) is 3.16. The number of halogens is 1. The molecule has 2 aliphatic heterocycles. The van der Waals surface area contributed by atoms with Crippen molar-refractivity contribution in [3.8, 4) is 0 Å². The Balaban J connectivity index is 1.89. The summed E-state index contributed by atoms with van der Waals surface area (Å²) in [5.41, 5.74) is 1.61. The van der Waals surface area contributed by atoms with Gasteiger partial charge >= 0.3 is 0 Å². The fraction of sp³-hybridized carbons (Fsp3) is 0.533. The number of methoxy groups -OCH3 is 1. The second-order valence-corrected chi connectivity index (χ2v) is 6.34. The number of fused-ring (bicyclic) bond motifs is 1. The van der Waals surface area contributed by atoms with Gasteiger partial charge in [-0.3, -0.25) is 4.79 Å². The summed E-state index contributed by atoms with van der Waals surface area (Å²) in [6.07, 6.45) is 2.40. The van der Waals surface area contributed by atoms with E-state index in [4.69, 9.17) is 4.74 Å². The summed E-state index contributed by atoms with van der Waals surface area (Å²) < 4.78 is 6.72. The highest BCUT2D eigenvalue weighted by molar-refractivity contribution is 9.10. The third kappa shape index (κ3) is 2.28. The molecule has 5 heteroatoms. The van der Waals surface area contributed by atoms with Crippen molar-refractivity contribution in [2.45, 2.75) is 24.9 Å². The molecule has 1 aromatic rings. The van der Waals surface area contributed by atoms with Crippen LogP contribution in [0.1, 0.15) is 18.4 Å². The monoisotopic (exact) mass is 338 g/mol. The quantitative estimate of drug-likeness (QED) is 0.897. The Hall–Kier alpha value is -0.910. The smallest absolute Gasteiger partial charge is 0.259 e. The van der Waals surface area contributed by atoms with Crippen LogP contribution in [0.2, 0.25) is 0 Å². The van der Waals surface area contributed by atoms with E-state index in [0.29, 0.717) is 0 Å². The number of rotatable bonds is 2. The van der Waals surface area contributed by atoms with Gasteiger partial charge in [-0.2, -0.15) is 0 Å². The standard InChI is InChI=1S/C15H19BrN2O2/c1-20-15(5-7-17-8-6-15)14(19)18-9-4-11-10-12(16)2-3-13(11)18/h2-3,10,17H,4-9H2,1H3. The summed E-state index contributed by atoms with van der Waals surface area (Å²) in [6, 6.07) is 6.12. The maximum absolute atomic E-state index is 13.0. The molecule has 1 N–H and O–H groups in total. The molecule has 0 aliphatic carbocycles. The van der Waals surface area contributed by atoms with Crippen LogP contribution in [0.4, 0.5) is 5.69 Å². The van der Waals surface area contributed by atoms with Crippen molar-refractivity contribution in [1.82, 2.24) is 5.32 Å². The topological polar surface area (TPSA) is 41.6 Å². The molecule has 20 heavy (non-hydrogen) atoms. The number of piperidine rings is 1. The molecule has 4 nitrogen and oxygen atoms in total. The Morgan fingerprint density at radius 2 is 2.15 bits per heavy atom. The van der Waals surface area contributed by atoms with E-state index in [1.54, 1.807) is 7.11 Å². The number of amides is 1. The molecule has 1 fully saturated rings. The lowest BCUT2D eigenvalue weighted by Crippen LogP contribution is -2.55. The molecule has 0 aromatic heterocycles. The second kappa shape index (κ2) is 5.47. The van der Waals surface area contributed by atoms with E-state index in [-0.39, 0.29) is 5.91 Å². The molecule has 0 bridgehead atoms. The third-order valence-electron chi connectivity index (χ3n) is 4.37. The highest BCUT2D eigenvalue weighted by Gasteiger charge is 2.44. The number of carbonyl (C=O) groups excluding carboxylic acids is 1.